The van der Waals surface area contributed by atoms with E-state index in [4.69, 9.17) is 51.1 Å². The molecular formula is C56H58Cl4N4O2. The van der Waals surface area contributed by atoms with E-state index in [-0.39, 0.29) is 25.7 Å². The minimum absolute atomic E-state index is 0.0200. The first-order chi connectivity index (χ1) is 31.9. The molecule has 5 aliphatic heterocycles. The van der Waals surface area contributed by atoms with Gasteiger partial charge in [-0.3, -0.25) is 0 Å². The molecule has 5 aromatic rings. The van der Waals surface area contributed by atoms with Crippen LogP contribution in [-0.2, 0) is 10.3 Å². The van der Waals surface area contributed by atoms with Gasteiger partial charge in [-0.1, -0.05) is 70.7 Å². The summed E-state index contributed by atoms with van der Waals surface area (Å²) in [6, 6.07) is 27.0. The standard InChI is InChI=1S/C56H58Cl4N4O2/c1-35-29-39(61-21-5-6-22-61)13-17-43(35)47(44-18-14-40(30-36(44)2)62-23-7-8-24-62)33-56(50-49(55(65)66-56)51(57)53(59)54(60)52(50)58)34-48(45-19-15-41(31-37(45)3)63-25-9-10-26-63)46-20-16-42(32-38(46)4)64-27-11-12-28-64/h13-20,29-34H,5-12,21-28H2,1-4H3. The molecule has 5 aromatic carbocycles. The Morgan fingerprint density at radius 2 is 0.742 bits per heavy atom. The van der Waals surface area contributed by atoms with Crippen LogP contribution in [0.2, 0.25) is 20.1 Å². The second-order valence-corrected chi connectivity index (χ2v) is 20.6. The number of ether oxygens (including phenoxy) is 1. The number of cyclic esters (lactones) is 1. The van der Waals surface area contributed by atoms with Crippen molar-refractivity contribution >= 4 is 86.3 Å². The molecule has 10 heteroatoms. The van der Waals surface area contributed by atoms with Crippen molar-refractivity contribution in [3.05, 3.63) is 161 Å². The van der Waals surface area contributed by atoms with E-state index in [9.17, 15) is 4.79 Å². The summed E-state index contributed by atoms with van der Waals surface area (Å²) in [6.07, 6.45) is 13.7. The Morgan fingerprint density at radius 1 is 0.455 bits per heavy atom. The van der Waals surface area contributed by atoms with Gasteiger partial charge in [-0.05, 0) is 195 Å². The van der Waals surface area contributed by atoms with E-state index in [1.807, 2.05) is 0 Å². The molecule has 0 aliphatic carbocycles. The Bertz CT molecular complexity index is 2510. The minimum atomic E-state index is -1.60. The Hall–Kier alpha value is -4.59. The fourth-order valence-electron chi connectivity index (χ4n) is 11.2. The van der Waals surface area contributed by atoms with Crippen LogP contribution in [0.15, 0.2) is 84.9 Å². The molecule has 0 spiro atoms. The highest BCUT2D eigenvalue weighted by Gasteiger charge is 2.48. The number of hydrogen-bond donors (Lipinski definition) is 0. The van der Waals surface area contributed by atoms with Crippen LogP contribution >= 0.6 is 46.4 Å². The maximum absolute atomic E-state index is 14.7. The van der Waals surface area contributed by atoms with Gasteiger partial charge in [0, 0.05) is 80.7 Å². The molecule has 0 atom stereocenters. The lowest BCUT2D eigenvalue weighted by Crippen LogP contribution is -2.24. The van der Waals surface area contributed by atoms with Gasteiger partial charge < -0.3 is 24.3 Å². The summed E-state index contributed by atoms with van der Waals surface area (Å²) in [5.41, 5.74) is 14.1. The van der Waals surface area contributed by atoms with E-state index < -0.39 is 11.6 Å². The van der Waals surface area contributed by atoms with Crippen LogP contribution in [0.3, 0.4) is 0 Å². The van der Waals surface area contributed by atoms with Gasteiger partial charge >= 0.3 is 5.97 Å². The number of carbonyl (C=O) groups is 1. The molecule has 0 unspecified atom stereocenters. The number of anilines is 4. The van der Waals surface area contributed by atoms with Crippen LogP contribution in [0.4, 0.5) is 22.7 Å². The van der Waals surface area contributed by atoms with Gasteiger partial charge in [-0.2, -0.15) is 0 Å². The van der Waals surface area contributed by atoms with Crippen LogP contribution in [0.1, 0.15) is 112 Å². The van der Waals surface area contributed by atoms with Crippen molar-refractivity contribution in [3.63, 3.8) is 0 Å². The number of nitrogens with zero attached hydrogens (tertiary/aromatic N) is 4. The third-order valence-corrected chi connectivity index (χ3v) is 16.5. The fourth-order valence-corrected chi connectivity index (χ4v) is 12.3. The molecule has 66 heavy (non-hydrogen) atoms. The molecule has 6 nitrogen and oxygen atoms in total. The topological polar surface area (TPSA) is 39.3 Å². The van der Waals surface area contributed by atoms with Crippen molar-refractivity contribution < 1.29 is 9.53 Å². The predicted octanol–water partition coefficient (Wildman–Crippen LogP) is 14.6. The Kier molecular flexibility index (Phi) is 12.7. The summed E-state index contributed by atoms with van der Waals surface area (Å²) < 4.78 is 6.91. The molecule has 0 saturated carbocycles. The lowest BCUT2D eigenvalue weighted by molar-refractivity contribution is 0.0300. The third kappa shape index (κ3) is 8.29. The van der Waals surface area contributed by atoms with E-state index in [1.165, 1.54) is 74.1 Å². The molecule has 10 rings (SSSR count). The Balaban J connectivity index is 1.26. The van der Waals surface area contributed by atoms with Crippen molar-refractivity contribution in [1.29, 1.82) is 0 Å². The van der Waals surface area contributed by atoms with Gasteiger partial charge in [0.15, 0.2) is 5.60 Å². The second-order valence-electron chi connectivity index (χ2n) is 19.1. The molecular weight excluding hydrogens is 902 g/mol. The van der Waals surface area contributed by atoms with E-state index in [0.29, 0.717) is 5.56 Å². The van der Waals surface area contributed by atoms with Crippen LogP contribution in [0, 0.1) is 27.7 Å². The predicted molar refractivity (Wildman–Crippen MR) is 278 cm³/mol. The van der Waals surface area contributed by atoms with Crippen molar-refractivity contribution in [2.24, 2.45) is 0 Å². The van der Waals surface area contributed by atoms with E-state index in [1.54, 1.807) is 0 Å². The summed E-state index contributed by atoms with van der Waals surface area (Å²) in [5.74, 6) is -0.619. The lowest BCUT2D eigenvalue weighted by Gasteiger charge is -2.29. The van der Waals surface area contributed by atoms with Crippen LogP contribution in [0.25, 0.3) is 11.1 Å². The van der Waals surface area contributed by atoms with E-state index in [2.05, 4.69) is 132 Å². The van der Waals surface area contributed by atoms with E-state index >= 15 is 0 Å². The Morgan fingerprint density at radius 3 is 1.03 bits per heavy atom. The first kappa shape index (κ1) is 45.2. The third-order valence-electron chi connectivity index (χ3n) is 14.7. The SMILES string of the molecule is Cc1cc(N2CCCC2)ccc1C(=CC1(C=C(c2ccc(N3CCCC3)cc2C)c2ccc(N3CCCC3)cc2C)OC(=O)c2c(Cl)c(Cl)c(Cl)c(Cl)c21)c1ccc(N2CCCC2)cc1C. The van der Waals surface area contributed by atoms with Gasteiger partial charge in [0.25, 0.3) is 0 Å². The Labute approximate surface area is 410 Å². The molecule has 5 heterocycles. The number of esters is 1. The van der Waals surface area contributed by atoms with Gasteiger partial charge in [0.1, 0.15) is 0 Å². The molecule has 0 bridgehead atoms. The fraction of sp³-hybridized carbons (Fsp3) is 0.375. The number of carbonyl (C=O) groups excluding carboxylic acids is 1. The normalized spacial score (nSPS) is 17.8. The largest absolute Gasteiger partial charge is 0.442 e. The molecule has 0 radical (unpaired) electrons. The molecule has 0 N–H and O–H groups in total. The average molecular weight is 961 g/mol. The first-order valence-corrected chi connectivity index (χ1v) is 25.4. The highest BCUT2D eigenvalue weighted by Crippen LogP contribution is 2.54. The summed E-state index contributed by atoms with van der Waals surface area (Å²) in [5, 5.41) is 0.242. The summed E-state index contributed by atoms with van der Waals surface area (Å²) in [6.45, 7) is 17.1. The van der Waals surface area contributed by atoms with Gasteiger partial charge in [0.2, 0.25) is 0 Å². The van der Waals surface area contributed by atoms with Crippen molar-refractivity contribution in [3.8, 4) is 0 Å². The zero-order chi connectivity index (χ0) is 45.9. The molecule has 342 valence electrons. The number of rotatable bonds is 10. The number of hydrogen-bond acceptors (Lipinski definition) is 6. The smallest absolute Gasteiger partial charge is 0.341 e. The number of fused-ring (bicyclic) bond motifs is 1. The van der Waals surface area contributed by atoms with Crippen LogP contribution in [0.5, 0.6) is 0 Å². The highest BCUT2D eigenvalue weighted by molar-refractivity contribution is 6.53. The minimum Gasteiger partial charge on any atom is -0.442 e. The molecule has 0 amide bonds. The summed E-state index contributed by atoms with van der Waals surface area (Å²) in [7, 11) is 0. The van der Waals surface area contributed by atoms with Gasteiger partial charge in [-0.25, -0.2) is 4.79 Å². The van der Waals surface area contributed by atoms with Gasteiger partial charge in [-0.15, -0.1) is 0 Å². The number of benzene rings is 5. The van der Waals surface area contributed by atoms with Crippen molar-refractivity contribution in [1.82, 2.24) is 0 Å². The van der Waals surface area contributed by atoms with Gasteiger partial charge in [0.05, 0.1) is 25.7 Å². The average Bonchev–Trinajstić information content (AvgIpc) is 4.18. The maximum Gasteiger partial charge on any atom is 0.341 e. The molecule has 4 fully saturated rings. The zero-order valence-electron chi connectivity index (χ0n) is 38.5. The van der Waals surface area contributed by atoms with E-state index in [0.717, 1.165) is 108 Å². The monoisotopic (exact) mass is 958 g/mol. The summed E-state index contributed by atoms with van der Waals surface area (Å²) >= 11 is 28.3. The number of aryl methyl sites for hydroxylation is 4. The quantitative estimate of drug-likeness (QED) is 0.0789. The highest BCUT2D eigenvalue weighted by atomic mass is 35.5. The van der Waals surface area contributed by atoms with Crippen molar-refractivity contribution in [2.75, 3.05) is 72.0 Å². The summed E-state index contributed by atoms with van der Waals surface area (Å²) in [4.78, 5) is 24.6. The molecule has 4 saturated heterocycles. The first-order valence-electron chi connectivity index (χ1n) is 23.9. The molecule has 5 aliphatic rings. The maximum atomic E-state index is 14.7. The van der Waals surface area contributed by atoms with Crippen molar-refractivity contribution in [2.45, 2.75) is 84.7 Å². The lowest BCUT2D eigenvalue weighted by atomic mass is 9.80. The molecule has 0 aromatic heterocycles. The zero-order valence-corrected chi connectivity index (χ0v) is 41.5. The number of halogens is 4. The van der Waals surface area contributed by atoms with Crippen LogP contribution in [-0.4, -0.2) is 58.3 Å². The van der Waals surface area contributed by atoms with Crippen LogP contribution < -0.4 is 19.6 Å². The second kappa shape index (κ2) is 18.5.